The lowest BCUT2D eigenvalue weighted by Gasteiger charge is -2.10. The molecule has 0 fully saturated rings. The monoisotopic (exact) mass is 230 g/mol. The number of nitrogens with one attached hydrogen (secondary N) is 1. The fraction of sp³-hybridized carbons (Fsp3) is 0.308. The summed E-state index contributed by atoms with van der Waals surface area (Å²) >= 11 is 0. The molecule has 2 heterocycles. The van der Waals surface area contributed by atoms with Crippen molar-refractivity contribution in [2.45, 2.75) is 13.3 Å². The molecule has 0 saturated heterocycles. The zero-order chi connectivity index (χ0) is 12.0. The largest absolute Gasteiger partial charge is 0.492 e. The summed E-state index contributed by atoms with van der Waals surface area (Å²) < 4.78 is 5.69. The Balaban J connectivity index is 2.22. The van der Waals surface area contributed by atoms with Gasteiger partial charge in [-0.05, 0) is 31.0 Å². The number of primary amides is 1. The van der Waals surface area contributed by atoms with Crippen LogP contribution in [-0.4, -0.2) is 17.5 Å². The molecule has 2 aromatic rings. The first-order valence-electron chi connectivity index (χ1n) is 5.69. The number of H-pyrrole nitrogens is 1. The average molecular weight is 230 g/mol. The van der Waals surface area contributed by atoms with E-state index < -0.39 is 0 Å². The van der Waals surface area contributed by atoms with Gasteiger partial charge >= 0.3 is 0 Å². The highest BCUT2D eigenvalue weighted by Crippen LogP contribution is 2.35. The molecule has 1 aliphatic rings. The number of nitrogens with two attached hydrogens (primary N) is 1. The van der Waals surface area contributed by atoms with E-state index in [1.165, 1.54) is 0 Å². The molecule has 1 aliphatic heterocycles. The van der Waals surface area contributed by atoms with Crippen molar-refractivity contribution < 1.29 is 9.53 Å². The number of hydrogen-bond acceptors (Lipinski definition) is 2. The van der Waals surface area contributed by atoms with Gasteiger partial charge in [-0.1, -0.05) is 6.07 Å². The third-order valence-corrected chi connectivity index (χ3v) is 3.40. The highest BCUT2D eigenvalue weighted by molar-refractivity contribution is 5.91. The van der Waals surface area contributed by atoms with Crippen molar-refractivity contribution in [2.24, 2.45) is 11.7 Å². The van der Waals surface area contributed by atoms with E-state index >= 15 is 0 Å². The first-order valence-corrected chi connectivity index (χ1v) is 5.69. The van der Waals surface area contributed by atoms with E-state index in [0.29, 0.717) is 13.0 Å². The number of ether oxygens (including phenoxy) is 1. The second-order valence-electron chi connectivity index (χ2n) is 4.52. The van der Waals surface area contributed by atoms with E-state index in [1.54, 1.807) is 0 Å². The first kappa shape index (κ1) is 10.2. The number of aromatic nitrogens is 1. The molecule has 0 radical (unpaired) electrons. The molecule has 0 bridgehead atoms. The number of carbonyl (C=O) groups is 1. The number of carbonyl (C=O) groups excluding carboxylic acids is 1. The summed E-state index contributed by atoms with van der Waals surface area (Å²) in [6, 6.07) is 5.90. The Morgan fingerprint density at radius 3 is 3.12 bits per heavy atom. The van der Waals surface area contributed by atoms with Crippen LogP contribution in [0.4, 0.5) is 0 Å². The van der Waals surface area contributed by atoms with Gasteiger partial charge < -0.3 is 15.5 Å². The molecule has 4 heteroatoms. The van der Waals surface area contributed by atoms with Crippen LogP contribution in [0.15, 0.2) is 18.2 Å². The van der Waals surface area contributed by atoms with Gasteiger partial charge in [-0.2, -0.15) is 0 Å². The molecule has 1 aromatic carbocycles. The number of aryl methyl sites for hydroxylation is 1. The van der Waals surface area contributed by atoms with Gasteiger partial charge in [0, 0.05) is 16.6 Å². The van der Waals surface area contributed by atoms with Crippen molar-refractivity contribution in [1.82, 2.24) is 4.98 Å². The zero-order valence-electron chi connectivity index (χ0n) is 9.62. The van der Waals surface area contributed by atoms with Crippen molar-refractivity contribution >= 4 is 16.8 Å². The number of hydrogen-bond donors (Lipinski definition) is 2. The minimum absolute atomic E-state index is 0.250. The van der Waals surface area contributed by atoms with E-state index in [0.717, 1.165) is 27.9 Å². The number of aromatic amines is 1. The number of rotatable bonds is 1. The summed E-state index contributed by atoms with van der Waals surface area (Å²) in [5.74, 6) is 0.289. The lowest BCUT2D eigenvalue weighted by Crippen LogP contribution is -2.29. The molecular formula is C13H14N2O2. The maximum atomic E-state index is 11.3. The van der Waals surface area contributed by atoms with Gasteiger partial charge in [0.25, 0.3) is 0 Å². The molecule has 1 atom stereocenters. The third-order valence-electron chi connectivity index (χ3n) is 3.40. The summed E-state index contributed by atoms with van der Waals surface area (Å²) in [5, 5.41) is 1.09. The first-order chi connectivity index (χ1) is 8.16. The van der Waals surface area contributed by atoms with Crippen LogP contribution in [0.3, 0.4) is 0 Å². The van der Waals surface area contributed by atoms with E-state index in [-0.39, 0.29) is 11.8 Å². The Bertz CT molecular complexity index is 601. The molecule has 1 amide bonds. The minimum Gasteiger partial charge on any atom is -0.492 e. The summed E-state index contributed by atoms with van der Waals surface area (Å²) in [4.78, 5) is 14.7. The SMILES string of the molecule is Cc1[nH]c2cccc3c2c1C[C@H](C(N)=O)CO3. The molecule has 0 saturated carbocycles. The van der Waals surface area contributed by atoms with E-state index in [2.05, 4.69) is 4.98 Å². The predicted octanol–water partition coefficient (Wildman–Crippen LogP) is 1.51. The van der Waals surface area contributed by atoms with Crippen molar-refractivity contribution in [1.29, 1.82) is 0 Å². The number of benzene rings is 1. The standard InChI is InChI=1S/C13H14N2O2/c1-7-9-5-8(13(14)16)6-17-11-4-2-3-10(15-7)12(9)11/h2-4,8,15H,5-6H2,1H3,(H2,14,16)/t8-/m0/s1. The van der Waals surface area contributed by atoms with Crippen LogP contribution < -0.4 is 10.5 Å². The molecule has 0 unspecified atom stereocenters. The fourth-order valence-corrected chi connectivity index (χ4v) is 2.47. The van der Waals surface area contributed by atoms with E-state index in [1.807, 2.05) is 25.1 Å². The van der Waals surface area contributed by atoms with Crippen molar-refractivity contribution in [2.75, 3.05) is 6.61 Å². The topological polar surface area (TPSA) is 68.1 Å². The molecule has 3 N–H and O–H groups in total. The quantitative estimate of drug-likeness (QED) is 0.779. The van der Waals surface area contributed by atoms with Crippen LogP contribution in [0.1, 0.15) is 11.3 Å². The smallest absolute Gasteiger partial charge is 0.224 e. The summed E-state index contributed by atoms with van der Waals surface area (Å²) in [6.45, 7) is 2.38. The van der Waals surface area contributed by atoms with Gasteiger partial charge in [0.1, 0.15) is 12.4 Å². The van der Waals surface area contributed by atoms with Gasteiger partial charge in [-0.15, -0.1) is 0 Å². The molecule has 4 nitrogen and oxygen atoms in total. The zero-order valence-corrected chi connectivity index (χ0v) is 9.62. The van der Waals surface area contributed by atoms with Crippen LogP contribution in [0, 0.1) is 12.8 Å². The van der Waals surface area contributed by atoms with Crippen LogP contribution in [0.2, 0.25) is 0 Å². The molecule has 3 rings (SSSR count). The van der Waals surface area contributed by atoms with Crippen LogP contribution >= 0.6 is 0 Å². The van der Waals surface area contributed by atoms with E-state index in [4.69, 9.17) is 10.5 Å². The summed E-state index contributed by atoms with van der Waals surface area (Å²) in [5.41, 5.74) is 8.68. The fourth-order valence-electron chi connectivity index (χ4n) is 2.47. The maximum absolute atomic E-state index is 11.3. The normalized spacial score (nSPS) is 18.8. The second kappa shape index (κ2) is 3.52. The van der Waals surface area contributed by atoms with Gasteiger partial charge in [0.2, 0.25) is 5.91 Å². The van der Waals surface area contributed by atoms with Crippen LogP contribution in [0.5, 0.6) is 5.75 Å². The van der Waals surface area contributed by atoms with Gasteiger partial charge in [0.05, 0.1) is 5.92 Å². The molecular weight excluding hydrogens is 216 g/mol. The third kappa shape index (κ3) is 1.48. The van der Waals surface area contributed by atoms with Crippen molar-refractivity contribution in [3.63, 3.8) is 0 Å². The Kier molecular flexibility index (Phi) is 2.11. The summed E-state index contributed by atoms with van der Waals surface area (Å²) in [7, 11) is 0. The Morgan fingerprint density at radius 1 is 1.53 bits per heavy atom. The van der Waals surface area contributed by atoms with Crippen LogP contribution in [-0.2, 0) is 11.2 Å². The minimum atomic E-state index is -0.299. The van der Waals surface area contributed by atoms with Crippen molar-refractivity contribution in [3.05, 3.63) is 29.5 Å². The lowest BCUT2D eigenvalue weighted by atomic mass is 9.98. The number of amides is 1. The average Bonchev–Trinajstić information content (AvgIpc) is 2.49. The van der Waals surface area contributed by atoms with Crippen molar-refractivity contribution in [3.8, 4) is 5.75 Å². The Morgan fingerprint density at radius 2 is 2.35 bits per heavy atom. The predicted molar refractivity (Wildman–Crippen MR) is 64.9 cm³/mol. The van der Waals surface area contributed by atoms with Gasteiger partial charge in [0.15, 0.2) is 0 Å². The second-order valence-corrected chi connectivity index (χ2v) is 4.52. The Hall–Kier alpha value is -1.97. The highest BCUT2D eigenvalue weighted by atomic mass is 16.5. The maximum Gasteiger partial charge on any atom is 0.224 e. The molecule has 17 heavy (non-hydrogen) atoms. The van der Waals surface area contributed by atoms with E-state index in [9.17, 15) is 4.79 Å². The molecule has 0 spiro atoms. The van der Waals surface area contributed by atoms with Gasteiger partial charge in [-0.25, -0.2) is 0 Å². The molecule has 0 aliphatic carbocycles. The molecule has 1 aromatic heterocycles. The van der Waals surface area contributed by atoms with Gasteiger partial charge in [-0.3, -0.25) is 4.79 Å². The van der Waals surface area contributed by atoms with Crippen LogP contribution in [0.25, 0.3) is 10.9 Å². The Labute approximate surface area is 98.8 Å². The molecule has 88 valence electrons. The highest BCUT2D eigenvalue weighted by Gasteiger charge is 2.25. The summed E-state index contributed by atoms with van der Waals surface area (Å²) in [6.07, 6.45) is 0.651. The lowest BCUT2D eigenvalue weighted by molar-refractivity contribution is -0.122.